The number of H-pyrrole nitrogens is 1. The second-order valence-corrected chi connectivity index (χ2v) is 4.68. The summed E-state index contributed by atoms with van der Waals surface area (Å²) in [4.78, 5) is 5.45. The summed E-state index contributed by atoms with van der Waals surface area (Å²) in [7, 11) is 0. The third-order valence-electron chi connectivity index (χ3n) is 3.20. The van der Waals surface area contributed by atoms with Gasteiger partial charge >= 0.3 is 0 Å². The van der Waals surface area contributed by atoms with E-state index < -0.39 is 0 Å². The molecule has 4 nitrogen and oxygen atoms in total. The van der Waals surface area contributed by atoms with Crippen molar-refractivity contribution >= 4 is 12.2 Å². The van der Waals surface area contributed by atoms with E-state index in [2.05, 4.69) is 9.88 Å². The third-order valence-corrected chi connectivity index (χ3v) is 3.54. The predicted molar refractivity (Wildman–Crippen MR) is 65.8 cm³/mol. The second kappa shape index (κ2) is 5.61. The number of hydrogen-bond acceptors (Lipinski definition) is 3. The number of aromatic amines is 1. The maximum absolute atomic E-state index is 9.17. The molecule has 0 unspecified atom stereocenters. The van der Waals surface area contributed by atoms with Crippen molar-refractivity contribution in [3.05, 3.63) is 16.7 Å². The highest BCUT2D eigenvalue weighted by atomic mass is 32.1. The fraction of sp³-hybridized carbons (Fsp3) is 0.727. The van der Waals surface area contributed by atoms with Crippen LogP contribution in [0.5, 0.6) is 0 Å². The molecule has 2 rings (SSSR count). The van der Waals surface area contributed by atoms with Crippen LogP contribution in [0.4, 0.5) is 0 Å². The molecule has 1 aromatic heterocycles. The molecule has 90 valence electrons. The van der Waals surface area contributed by atoms with Gasteiger partial charge < -0.3 is 19.6 Å². The Labute approximate surface area is 101 Å². The molecule has 1 aliphatic rings. The number of aliphatic hydroxyl groups excluding tert-OH is 1. The van der Waals surface area contributed by atoms with Crippen LogP contribution in [-0.2, 0) is 13.2 Å². The fourth-order valence-electron chi connectivity index (χ4n) is 2.23. The normalized spacial score (nSPS) is 17.8. The van der Waals surface area contributed by atoms with E-state index in [1.807, 2.05) is 4.57 Å². The molecule has 0 aromatic carbocycles. The van der Waals surface area contributed by atoms with Crippen LogP contribution in [0, 0.1) is 4.77 Å². The van der Waals surface area contributed by atoms with Crippen molar-refractivity contribution < 1.29 is 5.11 Å². The zero-order chi connectivity index (χ0) is 11.4. The average molecular weight is 241 g/mol. The topological polar surface area (TPSA) is 44.2 Å². The number of likely N-dealkylation sites (tertiary alicyclic amines) is 1. The maximum Gasteiger partial charge on any atom is 0.177 e. The lowest BCUT2D eigenvalue weighted by atomic mass is 10.1. The van der Waals surface area contributed by atoms with Crippen LogP contribution in [0.2, 0.25) is 0 Å². The van der Waals surface area contributed by atoms with Gasteiger partial charge in [0.2, 0.25) is 0 Å². The van der Waals surface area contributed by atoms with Crippen LogP contribution >= 0.6 is 12.2 Å². The summed E-state index contributed by atoms with van der Waals surface area (Å²) in [5, 5.41) is 9.17. The van der Waals surface area contributed by atoms with Crippen molar-refractivity contribution in [1.82, 2.24) is 14.5 Å². The molecule has 0 saturated carbocycles. The summed E-state index contributed by atoms with van der Waals surface area (Å²) in [5.41, 5.74) is 0.877. The molecule has 0 atom stereocenters. The Morgan fingerprint density at radius 3 is 2.69 bits per heavy atom. The zero-order valence-corrected chi connectivity index (χ0v) is 10.3. The highest BCUT2D eigenvalue weighted by Gasteiger charge is 2.10. The smallest absolute Gasteiger partial charge is 0.177 e. The molecule has 0 spiro atoms. The van der Waals surface area contributed by atoms with Crippen LogP contribution in [0.3, 0.4) is 0 Å². The maximum atomic E-state index is 9.17. The largest absolute Gasteiger partial charge is 0.390 e. The third kappa shape index (κ3) is 2.72. The van der Waals surface area contributed by atoms with E-state index in [1.54, 1.807) is 6.20 Å². The van der Waals surface area contributed by atoms with Crippen LogP contribution < -0.4 is 0 Å². The standard InChI is InChI=1S/C11H19N3OS/c15-9-10-8-12-11(16)14(10)7-6-13-4-2-1-3-5-13/h8,15H,1-7,9H2,(H,12,16). The van der Waals surface area contributed by atoms with Crippen LogP contribution in [-0.4, -0.2) is 39.2 Å². The number of nitrogens with zero attached hydrogens (tertiary/aromatic N) is 2. The molecule has 2 heterocycles. The van der Waals surface area contributed by atoms with Crippen molar-refractivity contribution in [2.45, 2.75) is 32.4 Å². The van der Waals surface area contributed by atoms with Gasteiger partial charge in [0.05, 0.1) is 12.3 Å². The van der Waals surface area contributed by atoms with E-state index in [-0.39, 0.29) is 6.61 Å². The first-order chi connectivity index (χ1) is 7.81. The average Bonchev–Trinajstić information content (AvgIpc) is 2.69. The van der Waals surface area contributed by atoms with Gasteiger partial charge in [0, 0.05) is 19.3 Å². The molecule has 5 heteroatoms. The minimum Gasteiger partial charge on any atom is -0.390 e. The van der Waals surface area contributed by atoms with E-state index >= 15 is 0 Å². The number of aliphatic hydroxyl groups is 1. The van der Waals surface area contributed by atoms with Gasteiger partial charge in [0.1, 0.15) is 0 Å². The van der Waals surface area contributed by atoms with Crippen LogP contribution in [0.25, 0.3) is 0 Å². The van der Waals surface area contributed by atoms with Gasteiger partial charge in [-0.3, -0.25) is 0 Å². The van der Waals surface area contributed by atoms with Gasteiger partial charge in [0.25, 0.3) is 0 Å². The number of hydrogen-bond donors (Lipinski definition) is 2. The van der Waals surface area contributed by atoms with Crippen molar-refractivity contribution in [2.75, 3.05) is 19.6 Å². The summed E-state index contributed by atoms with van der Waals surface area (Å²) in [6, 6.07) is 0. The van der Waals surface area contributed by atoms with Crippen LogP contribution in [0.1, 0.15) is 25.0 Å². The summed E-state index contributed by atoms with van der Waals surface area (Å²) in [5.74, 6) is 0. The minimum atomic E-state index is 0.0487. The zero-order valence-electron chi connectivity index (χ0n) is 9.48. The molecule has 0 amide bonds. The van der Waals surface area contributed by atoms with Crippen molar-refractivity contribution in [1.29, 1.82) is 0 Å². The predicted octanol–water partition coefficient (Wildman–Crippen LogP) is 1.52. The van der Waals surface area contributed by atoms with Gasteiger partial charge in [-0.05, 0) is 38.1 Å². The Morgan fingerprint density at radius 1 is 1.25 bits per heavy atom. The molecule has 1 saturated heterocycles. The molecular formula is C11H19N3OS. The fourth-order valence-corrected chi connectivity index (χ4v) is 2.50. The summed E-state index contributed by atoms with van der Waals surface area (Å²) < 4.78 is 2.70. The number of nitrogens with one attached hydrogen (secondary N) is 1. The van der Waals surface area contributed by atoms with E-state index in [9.17, 15) is 0 Å². The molecule has 2 N–H and O–H groups in total. The first-order valence-corrected chi connectivity index (χ1v) is 6.32. The highest BCUT2D eigenvalue weighted by Crippen LogP contribution is 2.09. The molecular weight excluding hydrogens is 222 g/mol. The molecule has 0 radical (unpaired) electrons. The highest BCUT2D eigenvalue weighted by molar-refractivity contribution is 7.71. The Bertz CT molecular complexity index is 379. The second-order valence-electron chi connectivity index (χ2n) is 4.30. The van der Waals surface area contributed by atoms with Crippen molar-refractivity contribution in [2.24, 2.45) is 0 Å². The van der Waals surface area contributed by atoms with E-state index in [0.29, 0.717) is 4.77 Å². The lowest BCUT2D eigenvalue weighted by Crippen LogP contribution is -2.32. The van der Waals surface area contributed by atoms with Gasteiger partial charge in [-0.1, -0.05) is 6.42 Å². The first-order valence-electron chi connectivity index (χ1n) is 5.91. The molecule has 16 heavy (non-hydrogen) atoms. The van der Waals surface area contributed by atoms with E-state index in [0.717, 1.165) is 18.8 Å². The van der Waals surface area contributed by atoms with Crippen molar-refractivity contribution in [3.8, 4) is 0 Å². The molecule has 0 aliphatic carbocycles. The number of aromatic nitrogens is 2. The van der Waals surface area contributed by atoms with Gasteiger partial charge in [-0.25, -0.2) is 0 Å². The Hall–Kier alpha value is -0.650. The van der Waals surface area contributed by atoms with Gasteiger partial charge in [-0.2, -0.15) is 0 Å². The lowest BCUT2D eigenvalue weighted by Gasteiger charge is -2.26. The number of imidazole rings is 1. The summed E-state index contributed by atoms with van der Waals surface area (Å²) >= 11 is 5.18. The molecule has 0 bridgehead atoms. The summed E-state index contributed by atoms with van der Waals surface area (Å²) in [6.45, 7) is 4.35. The van der Waals surface area contributed by atoms with E-state index in [4.69, 9.17) is 17.3 Å². The molecule has 1 fully saturated rings. The lowest BCUT2D eigenvalue weighted by molar-refractivity contribution is 0.215. The van der Waals surface area contributed by atoms with Gasteiger partial charge in [-0.15, -0.1) is 0 Å². The first kappa shape index (κ1) is 11.8. The van der Waals surface area contributed by atoms with Gasteiger partial charge in [0.15, 0.2) is 4.77 Å². The quantitative estimate of drug-likeness (QED) is 0.786. The minimum absolute atomic E-state index is 0.0487. The SMILES string of the molecule is OCc1c[nH]c(=S)n1CCN1CCCCC1. The number of piperidine rings is 1. The monoisotopic (exact) mass is 241 g/mol. The Balaban J connectivity index is 1.93. The molecule has 1 aromatic rings. The van der Waals surface area contributed by atoms with Crippen LogP contribution in [0.15, 0.2) is 6.20 Å². The number of rotatable bonds is 4. The Kier molecular flexibility index (Phi) is 4.15. The Morgan fingerprint density at radius 2 is 2.00 bits per heavy atom. The summed E-state index contributed by atoms with van der Waals surface area (Å²) in [6.07, 6.45) is 5.78. The van der Waals surface area contributed by atoms with E-state index in [1.165, 1.54) is 32.4 Å². The molecule has 1 aliphatic heterocycles. The van der Waals surface area contributed by atoms with Crippen molar-refractivity contribution in [3.63, 3.8) is 0 Å².